The molecule has 1 aromatic heterocycles. The summed E-state index contributed by atoms with van der Waals surface area (Å²) in [5.41, 5.74) is 3.12. The van der Waals surface area contributed by atoms with Crippen molar-refractivity contribution >= 4 is 5.78 Å². The molecule has 0 radical (unpaired) electrons. The van der Waals surface area contributed by atoms with E-state index in [1.165, 1.54) is 18.5 Å². The summed E-state index contributed by atoms with van der Waals surface area (Å²) >= 11 is 0. The van der Waals surface area contributed by atoms with Crippen LogP contribution in [0.15, 0.2) is 6.07 Å². The maximum Gasteiger partial charge on any atom is 0.178 e. The molecule has 4 nitrogen and oxygen atoms in total. The van der Waals surface area contributed by atoms with Crippen molar-refractivity contribution < 1.29 is 9.90 Å². The van der Waals surface area contributed by atoms with E-state index < -0.39 is 0 Å². The Bertz CT molecular complexity index is 447. The van der Waals surface area contributed by atoms with Gasteiger partial charge in [-0.2, -0.15) is 0 Å². The van der Waals surface area contributed by atoms with Gasteiger partial charge in [0.25, 0.3) is 0 Å². The van der Waals surface area contributed by atoms with Crippen molar-refractivity contribution in [2.75, 3.05) is 26.7 Å². The van der Waals surface area contributed by atoms with Gasteiger partial charge in [-0.05, 0) is 39.8 Å². The minimum absolute atomic E-state index is 0.0882. The van der Waals surface area contributed by atoms with Gasteiger partial charge in [0, 0.05) is 29.5 Å². The molecule has 1 heterocycles. The van der Waals surface area contributed by atoms with E-state index in [-0.39, 0.29) is 12.4 Å². The lowest BCUT2D eigenvalue weighted by atomic mass is 10.1. The van der Waals surface area contributed by atoms with Crippen LogP contribution in [0.25, 0.3) is 0 Å². The number of aryl methyl sites for hydroxylation is 1. The van der Waals surface area contributed by atoms with Crippen molar-refractivity contribution in [3.05, 3.63) is 23.0 Å². The van der Waals surface area contributed by atoms with Crippen LogP contribution >= 0.6 is 0 Å². The van der Waals surface area contributed by atoms with E-state index in [2.05, 4.69) is 11.5 Å². The molecule has 0 unspecified atom stereocenters. The van der Waals surface area contributed by atoms with Crippen LogP contribution in [-0.4, -0.2) is 47.1 Å². The highest BCUT2D eigenvalue weighted by molar-refractivity contribution is 5.99. The summed E-state index contributed by atoms with van der Waals surface area (Å²) in [6, 6.07) is 2.62. The molecule has 1 saturated carbocycles. The standard InChI is InChI=1S/C14H22N2O2/c1-10-8-13(11(2)16(10)12-4-5-12)14(18)9-15(3)6-7-17/h8,12,17H,4-7,9H2,1-3H3. The van der Waals surface area contributed by atoms with Crippen LogP contribution in [0.1, 0.15) is 40.6 Å². The Balaban J connectivity index is 2.13. The summed E-state index contributed by atoms with van der Waals surface area (Å²) in [5, 5.41) is 8.85. The van der Waals surface area contributed by atoms with Gasteiger partial charge in [0.15, 0.2) is 5.78 Å². The highest BCUT2D eigenvalue weighted by atomic mass is 16.3. The largest absolute Gasteiger partial charge is 0.395 e. The van der Waals surface area contributed by atoms with Gasteiger partial charge in [0.2, 0.25) is 0 Å². The van der Waals surface area contributed by atoms with Gasteiger partial charge < -0.3 is 9.67 Å². The molecule has 0 spiro atoms. The highest BCUT2D eigenvalue weighted by Crippen LogP contribution is 2.38. The maximum absolute atomic E-state index is 12.2. The number of rotatable bonds is 6. The molecule has 1 N–H and O–H groups in total. The fourth-order valence-electron chi connectivity index (χ4n) is 2.53. The second-order valence-electron chi connectivity index (χ2n) is 5.27. The predicted octanol–water partition coefficient (Wildman–Crippen LogP) is 1.55. The first kappa shape index (κ1) is 13.3. The molecule has 18 heavy (non-hydrogen) atoms. The molecule has 1 aromatic rings. The molecular formula is C14H22N2O2. The Morgan fingerprint density at radius 1 is 1.50 bits per heavy atom. The molecular weight excluding hydrogens is 228 g/mol. The molecule has 1 aliphatic carbocycles. The first-order valence-corrected chi connectivity index (χ1v) is 6.55. The van der Waals surface area contributed by atoms with E-state index in [9.17, 15) is 4.79 Å². The first-order valence-electron chi connectivity index (χ1n) is 6.55. The van der Waals surface area contributed by atoms with Crippen molar-refractivity contribution in [2.24, 2.45) is 0 Å². The number of likely N-dealkylation sites (N-methyl/N-ethyl adjacent to an activating group) is 1. The molecule has 0 amide bonds. The molecule has 1 fully saturated rings. The number of hydrogen-bond donors (Lipinski definition) is 1. The van der Waals surface area contributed by atoms with Gasteiger partial charge in [0.1, 0.15) is 0 Å². The molecule has 100 valence electrons. The minimum Gasteiger partial charge on any atom is -0.395 e. The van der Waals surface area contributed by atoms with Crippen LogP contribution in [0.2, 0.25) is 0 Å². The van der Waals surface area contributed by atoms with Gasteiger partial charge >= 0.3 is 0 Å². The number of ketones is 1. The topological polar surface area (TPSA) is 45.5 Å². The average Bonchev–Trinajstić information content (AvgIpc) is 3.06. The van der Waals surface area contributed by atoms with Crippen LogP contribution in [0.5, 0.6) is 0 Å². The lowest BCUT2D eigenvalue weighted by Gasteiger charge is -2.14. The summed E-state index contributed by atoms with van der Waals surface area (Å²) in [7, 11) is 1.86. The van der Waals surface area contributed by atoms with E-state index in [1.807, 2.05) is 24.9 Å². The Morgan fingerprint density at radius 3 is 2.72 bits per heavy atom. The van der Waals surface area contributed by atoms with E-state index in [0.717, 1.165) is 11.3 Å². The van der Waals surface area contributed by atoms with Crippen molar-refractivity contribution in [1.29, 1.82) is 0 Å². The van der Waals surface area contributed by atoms with Crippen LogP contribution in [0, 0.1) is 13.8 Å². The van der Waals surface area contributed by atoms with Crippen LogP contribution in [-0.2, 0) is 0 Å². The van der Waals surface area contributed by atoms with Crippen molar-refractivity contribution in [3.8, 4) is 0 Å². The summed E-state index contributed by atoms with van der Waals surface area (Å²) < 4.78 is 2.29. The zero-order valence-corrected chi connectivity index (χ0v) is 11.4. The minimum atomic E-state index is 0.0882. The second-order valence-corrected chi connectivity index (χ2v) is 5.27. The van der Waals surface area contributed by atoms with Crippen LogP contribution in [0.4, 0.5) is 0 Å². The van der Waals surface area contributed by atoms with E-state index >= 15 is 0 Å². The molecule has 0 aliphatic heterocycles. The third kappa shape index (κ3) is 2.65. The zero-order valence-electron chi connectivity index (χ0n) is 11.4. The quantitative estimate of drug-likeness (QED) is 0.779. The summed E-state index contributed by atoms with van der Waals surface area (Å²) in [6.45, 7) is 5.09. The summed E-state index contributed by atoms with van der Waals surface area (Å²) in [4.78, 5) is 14.1. The third-order valence-electron chi connectivity index (χ3n) is 3.59. The van der Waals surface area contributed by atoms with Crippen molar-refractivity contribution in [1.82, 2.24) is 9.47 Å². The number of aliphatic hydroxyl groups excluding tert-OH is 1. The summed E-state index contributed by atoms with van der Waals surface area (Å²) in [6.07, 6.45) is 2.46. The number of Topliss-reactive ketones (excluding diaryl/α,β-unsaturated/α-hetero) is 1. The molecule has 1 aliphatic rings. The van der Waals surface area contributed by atoms with E-state index in [1.54, 1.807) is 0 Å². The van der Waals surface area contributed by atoms with E-state index in [0.29, 0.717) is 19.1 Å². The Morgan fingerprint density at radius 2 is 2.17 bits per heavy atom. The SMILES string of the molecule is Cc1cc(C(=O)CN(C)CCO)c(C)n1C1CC1. The number of carbonyl (C=O) groups is 1. The fraction of sp³-hybridized carbons (Fsp3) is 0.643. The second kappa shape index (κ2) is 5.24. The van der Waals surface area contributed by atoms with Gasteiger partial charge in [-0.15, -0.1) is 0 Å². The normalized spacial score (nSPS) is 15.4. The molecule has 0 bridgehead atoms. The number of nitrogens with zero attached hydrogens (tertiary/aromatic N) is 2. The van der Waals surface area contributed by atoms with Crippen LogP contribution < -0.4 is 0 Å². The highest BCUT2D eigenvalue weighted by Gasteiger charge is 2.28. The smallest absolute Gasteiger partial charge is 0.178 e. The zero-order chi connectivity index (χ0) is 13.3. The fourth-order valence-corrected chi connectivity index (χ4v) is 2.53. The van der Waals surface area contributed by atoms with E-state index in [4.69, 9.17) is 5.11 Å². The Hall–Kier alpha value is -1.13. The van der Waals surface area contributed by atoms with Gasteiger partial charge in [0.05, 0.1) is 13.2 Å². The molecule has 0 atom stereocenters. The maximum atomic E-state index is 12.2. The predicted molar refractivity (Wildman–Crippen MR) is 71.1 cm³/mol. The van der Waals surface area contributed by atoms with Gasteiger partial charge in [-0.3, -0.25) is 9.69 Å². The number of aliphatic hydroxyl groups is 1. The van der Waals surface area contributed by atoms with Crippen molar-refractivity contribution in [2.45, 2.75) is 32.7 Å². The third-order valence-corrected chi connectivity index (χ3v) is 3.59. The monoisotopic (exact) mass is 250 g/mol. The molecule has 0 aromatic carbocycles. The van der Waals surface area contributed by atoms with Crippen LogP contribution in [0.3, 0.4) is 0 Å². The lowest BCUT2D eigenvalue weighted by Crippen LogP contribution is -2.28. The Labute approximate surface area is 108 Å². The Kier molecular flexibility index (Phi) is 3.88. The lowest BCUT2D eigenvalue weighted by molar-refractivity contribution is 0.0935. The van der Waals surface area contributed by atoms with Gasteiger partial charge in [-0.25, -0.2) is 0 Å². The molecule has 2 rings (SSSR count). The number of aromatic nitrogens is 1. The number of hydrogen-bond acceptors (Lipinski definition) is 3. The molecule has 4 heteroatoms. The average molecular weight is 250 g/mol. The number of carbonyl (C=O) groups excluding carboxylic acids is 1. The summed E-state index contributed by atoms with van der Waals surface area (Å²) in [5.74, 6) is 0.144. The first-order chi connectivity index (χ1) is 8.54. The molecule has 0 saturated heterocycles. The van der Waals surface area contributed by atoms with Crippen molar-refractivity contribution in [3.63, 3.8) is 0 Å². The van der Waals surface area contributed by atoms with Gasteiger partial charge in [-0.1, -0.05) is 0 Å².